The highest BCUT2D eigenvalue weighted by molar-refractivity contribution is 7.99. The number of nitrogens with one attached hydrogen (secondary N) is 1. The summed E-state index contributed by atoms with van der Waals surface area (Å²) in [5.41, 5.74) is 3.12. The lowest BCUT2D eigenvalue weighted by Crippen LogP contribution is -2.31. The van der Waals surface area contributed by atoms with Crippen LogP contribution in [-0.2, 0) is 14.8 Å². The first kappa shape index (κ1) is 20.6. The average molecular weight is 461 g/mol. The molecule has 30 heavy (non-hydrogen) atoms. The summed E-state index contributed by atoms with van der Waals surface area (Å²) in [7, 11) is -2.29. The van der Waals surface area contributed by atoms with Gasteiger partial charge in [0.05, 0.1) is 23.3 Å². The summed E-state index contributed by atoms with van der Waals surface area (Å²) < 4.78 is 26.8. The number of anilines is 2. The van der Waals surface area contributed by atoms with E-state index >= 15 is 0 Å². The van der Waals surface area contributed by atoms with E-state index in [-0.39, 0.29) is 22.2 Å². The molecule has 154 valence electrons. The van der Waals surface area contributed by atoms with Crippen LogP contribution in [0.2, 0.25) is 5.02 Å². The van der Waals surface area contributed by atoms with E-state index in [2.05, 4.69) is 15.3 Å². The molecule has 3 aromatic rings. The van der Waals surface area contributed by atoms with Crippen LogP contribution in [0.15, 0.2) is 58.7 Å². The lowest BCUT2D eigenvalue weighted by Gasteiger charge is -2.28. The van der Waals surface area contributed by atoms with Crippen molar-refractivity contribution in [2.45, 2.75) is 17.0 Å². The van der Waals surface area contributed by atoms with Crippen molar-refractivity contribution < 1.29 is 13.2 Å². The van der Waals surface area contributed by atoms with E-state index in [1.165, 1.54) is 17.5 Å². The molecule has 7 nitrogen and oxygen atoms in total. The zero-order valence-corrected chi connectivity index (χ0v) is 18.5. The molecule has 0 radical (unpaired) electrons. The highest BCUT2D eigenvalue weighted by atomic mass is 35.5. The zero-order valence-electron chi connectivity index (χ0n) is 16.1. The molecule has 0 saturated carbocycles. The Morgan fingerprint density at radius 2 is 2.03 bits per heavy atom. The van der Waals surface area contributed by atoms with Gasteiger partial charge >= 0.3 is 0 Å². The van der Waals surface area contributed by atoms with Gasteiger partial charge in [0.25, 0.3) is 10.0 Å². The number of amides is 1. The number of hydrogen-bond acceptors (Lipinski definition) is 6. The number of carbonyl (C=O) groups is 1. The number of aromatic nitrogens is 2. The summed E-state index contributed by atoms with van der Waals surface area (Å²) in [6.45, 7) is 1.95. The minimum Gasteiger partial charge on any atom is -0.325 e. The minimum absolute atomic E-state index is 0.00771. The van der Waals surface area contributed by atoms with Crippen LogP contribution in [0.3, 0.4) is 0 Å². The van der Waals surface area contributed by atoms with Crippen LogP contribution >= 0.6 is 23.4 Å². The molecule has 4 rings (SSSR count). The van der Waals surface area contributed by atoms with Gasteiger partial charge in [0.15, 0.2) is 5.16 Å². The first-order valence-corrected chi connectivity index (χ1v) is 11.7. The molecule has 10 heteroatoms. The van der Waals surface area contributed by atoms with Gasteiger partial charge in [0.2, 0.25) is 5.91 Å². The van der Waals surface area contributed by atoms with E-state index in [1.807, 2.05) is 31.2 Å². The van der Waals surface area contributed by atoms with E-state index in [0.29, 0.717) is 27.1 Å². The van der Waals surface area contributed by atoms with Crippen molar-refractivity contribution in [3.05, 3.63) is 59.2 Å². The molecule has 0 aliphatic carbocycles. The molecule has 1 aliphatic heterocycles. The smallest absolute Gasteiger partial charge is 0.267 e. The molecule has 0 fully saturated rings. The maximum atomic E-state index is 12.8. The zero-order chi connectivity index (χ0) is 21.5. The first-order chi connectivity index (χ1) is 14.3. The maximum Gasteiger partial charge on any atom is 0.267 e. The summed E-state index contributed by atoms with van der Waals surface area (Å²) in [5.74, 6) is -0.121. The van der Waals surface area contributed by atoms with E-state index in [9.17, 15) is 13.2 Å². The topological polar surface area (TPSA) is 92.3 Å². The standard InChI is InChI=1S/C20H17ClN4O3S2/c1-12-4-3-5-14(8-12)23-18(26)11-29-20-22-10-17-19(24-20)15-9-13(21)6-7-16(15)25(2)30(17,27)28/h3-10H,11H2,1-2H3,(H,23,26). The molecule has 1 aromatic heterocycles. The molecule has 2 aromatic carbocycles. The van der Waals surface area contributed by atoms with Crippen LogP contribution in [0.1, 0.15) is 5.56 Å². The van der Waals surface area contributed by atoms with Gasteiger partial charge in [-0.25, -0.2) is 18.4 Å². The number of aryl methyl sites for hydroxylation is 1. The SMILES string of the molecule is Cc1cccc(NC(=O)CSc2ncc3c(n2)-c2cc(Cl)ccc2N(C)S3(=O)=O)c1. The van der Waals surface area contributed by atoms with Gasteiger partial charge in [-0.05, 0) is 42.8 Å². The average Bonchev–Trinajstić information content (AvgIpc) is 2.70. The monoisotopic (exact) mass is 460 g/mol. The fourth-order valence-electron chi connectivity index (χ4n) is 3.11. The molecular weight excluding hydrogens is 444 g/mol. The molecule has 1 N–H and O–H groups in total. The van der Waals surface area contributed by atoms with Crippen molar-refractivity contribution >= 4 is 50.7 Å². The van der Waals surface area contributed by atoms with Gasteiger partial charge in [0, 0.05) is 23.3 Å². The molecule has 0 bridgehead atoms. The number of benzene rings is 2. The molecule has 0 saturated heterocycles. The molecule has 0 unspecified atom stereocenters. The van der Waals surface area contributed by atoms with Crippen molar-refractivity contribution in [2.24, 2.45) is 0 Å². The quantitative estimate of drug-likeness (QED) is 0.467. The van der Waals surface area contributed by atoms with Crippen molar-refractivity contribution in [3.8, 4) is 11.3 Å². The number of nitrogens with zero attached hydrogens (tertiary/aromatic N) is 3. The second-order valence-electron chi connectivity index (χ2n) is 6.71. The Balaban J connectivity index is 1.59. The summed E-state index contributed by atoms with van der Waals surface area (Å²) >= 11 is 7.25. The Hall–Kier alpha value is -2.62. The number of fused-ring (bicyclic) bond motifs is 3. The summed E-state index contributed by atoms with van der Waals surface area (Å²) in [6, 6.07) is 12.4. The van der Waals surface area contributed by atoms with Gasteiger partial charge in [-0.15, -0.1) is 0 Å². The number of carbonyl (C=O) groups excluding carboxylic acids is 1. The highest BCUT2D eigenvalue weighted by Gasteiger charge is 2.34. The van der Waals surface area contributed by atoms with Gasteiger partial charge in [-0.2, -0.15) is 0 Å². The lowest BCUT2D eigenvalue weighted by atomic mass is 10.1. The Bertz CT molecular complexity index is 1260. The van der Waals surface area contributed by atoms with Crippen LogP contribution in [0.25, 0.3) is 11.3 Å². The predicted molar refractivity (Wildman–Crippen MR) is 119 cm³/mol. The van der Waals surface area contributed by atoms with Crippen molar-refractivity contribution in [1.29, 1.82) is 0 Å². The highest BCUT2D eigenvalue weighted by Crippen LogP contribution is 2.42. The van der Waals surface area contributed by atoms with Crippen LogP contribution in [0, 0.1) is 6.92 Å². The van der Waals surface area contributed by atoms with Crippen LogP contribution in [0.5, 0.6) is 0 Å². The number of rotatable bonds is 4. The Kier molecular flexibility index (Phi) is 5.44. The molecule has 0 atom stereocenters. The normalized spacial score (nSPS) is 14.0. The van der Waals surface area contributed by atoms with E-state index < -0.39 is 10.0 Å². The van der Waals surface area contributed by atoms with E-state index in [0.717, 1.165) is 17.3 Å². The summed E-state index contributed by atoms with van der Waals surface area (Å²) in [6.07, 6.45) is 1.28. The molecular formula is C20H17ClN4O3S2. The van der Waals surface area contributed by atoms with Crippen molar-refractivity contribution in [1.82, 2.24) is 9.97 Å². The first-order valence-electron chi connectivity index (χ1n) is 8.91. The third kappa shape index (κ3) is 3.88. The van der Waals surface area contributed by atoms with Gasteiger partial charge in [0.1, 0.15) is 4.90 Å². The fourth-order valence-corrected chi connectivity index (χ4v) is 5.19. The van der Waals surface area contributed by atoms with Gasteiger partial charge in [-0.1, -0.05) is 35.5 Å². The maximum absolute atomic E-state index is 12.8. The van der Waals surface area contributed by atoms with Gasteiger partial charge < -0.3 is 5.32 Å². The molecule has 2 heterocycles. The minimum atomic E-state index is -3.76. The number of halogens is 1. The van der Waals surface area contributed by atoms with Gasteiger partial charge in [-0.3, -0.25) is 9.10 Å². The summed E-state index contributed by atoms with van der Waals surface area (Å²) in [4.78, 5) is 20.8. The largest absolute Gasteiger partial charge is 0.325 e. The van der Waals surface area contributed by atoms with Crippen LogP contribution in [0.4, 0.5) is 11.4 Å². The lowest BCUT2D eigenvalue weighted by molar-refractivity contribution is -0.113. The second-order valence-corrected chi connectivity index (χ2v) is 10.0. The third-order valence-electron chi connectivity index (χ3n) is 4.56. The number of sulfonamides is 1. The second kappa shape index (κ2) is 7.90. The number of hydrogen-bond donors (Lipinski definition) is 1. The third-order valence-corrected chi connectivity index (χ3v) is 7.43. The predicted octanol–water partition coefficient (Wildman–Crippen LogP) is 3.97. The van der Waals surface area contributed by atoms with E-state index in [1.54, 1.807) is 18.2 Å². The summed E-state index contributed by atoms with van der Waals surface area (Å²) in [5, 5.41) is 3.60. The molecule has 1 amide bonds. The molecule has 0 spiro atoms. The Labute approximate surface area is 183 Å². The Morgan fingerprint density at radius 3 is 2.80 bits per heavy atom. The van der Waals surface area contributed by atoms with Crippen molar-refractivity contribution in [2.75, 3.05) is 22.4 Å². The van der Waals surface area contributed by atoms with E-state index in [4.69, 9.17) is 11.6 Å². The van der Waals surface area contributed by atoms with Crippen LogP contribution in [-0.4, -0.2) is 37.1 Å². The molecule has 1 aliphatic rings. The Morgan fingerprint density at radius 1 is 1.23 bits per heavy atom. The fraction of sp³-hybridized carbons (Fsp3) is 0.150. The van der Waals surface area contributed by atoms with Crippen LogP contribution < -0.4 is 9.62 Å². The van der Waals surface area contributed by atoms with Crippen molar-refractivity contribution in [3.63, 3.8) is 0 Å². The number of thioether (sulfide) groups is 1.